The van der Waals surface area contributed by atoms with E-state index in [9.17, 15) is 4.79 Å². The molecule has 2 aromatic rings. The summed E-state index contributed by atoms with van der Waals surface area (Å²) in [5, 5.41) is 1.99. The summed E-state index contributed by atoms with van der Waals surface area (Å²) in [6.07, 6.45) is 3.14. The van der Waals surface area contributed by atoms with Crippen molar-refractivity contribution in [2.45, 2.75) is 6.54 Å². The van der Waals surface area contributed by atoms with Crippen molar-refractivity contribution in [1.29, 1.82) is 0 Å². The molecule has 0 saturated heterocycles. The zero-order valence-corrected chi connectivity index (χ0v) is 12.0. The van der Waals surface area contributed by atoms with Crippen LogP contribution in [0, 0.1) is 3.57 Å². The fourth-order valence-corrected chi connectivity index (χ4v) is 3.08. The zero-order valence-electron chi connectivity index (χ0n) is 7.48. The van der Waals surface area contributed by atoms with E-state index in [0.717, 1.165) is 9.35 Å². The molecule has 0 aliphatic carbocycles. The minimum atomic E-state index is 0.00546. The van der Waals surface area contributed by atoms with Crippen molar-refractivity contribution in [2.24, 2.45) is 0 Å². The Labute approximate surface area is 112 Å². The molecule has 0 fully saturated rings. The Kier molecular flexibility index (Phi) is 3.57. The third-order valence-electron chi connectivity index (χ3n) is 1.86. The van der Waals surface area contributed by atoms with Crippen LogP contribution in [0.2, 0.25) is 0 Å². The van der Waals surface area contributed by atoms with Crippen molar-refractivity contribution < 1.29 is 0 Å². The van der Waals surface area contributed by atoms with Gasteiger partial charge in [0.1, 0.15) is 0 Å². The lowest BCUT2D eigenvalue weighted by molar-refractivity contribution is 0.737. The van der Waals surface area contributed by atoms with Crippen LogP contribution in [0.25, 0.3) is 0 Å². The largest absolute Gasteiger partial charge is 0.293 e. The van der Waals surface area contributed by atoms with Crippen LogP contribution in [0.15, 0.2) is 33.2 Å². The van der Waals surface area contributed by atoms with Crippen LogP contribution in [-0.4, -0.2) is 9.55 Å². The Morgan fingerprint density at radius 1 is 1.60 bits per heavy atom. The maximum Gasteiger partial charge on any atom is 0.267 e. The SMILES string of the molecule is O=c1c(I)cncn1Cc1sccc1Br. The molecule has 6 heteroatoms. The van der Waals surface area contributed by atoms with Gasteiger partial charge < -0.3 is 0 Å². The van der Waals surface area contributed by atoms with E-state index < -0.39 is 0 Å². The summed E-state index contributed by atoms with van der Waals surface area (Å²) in [6, 6.07) is 1.98. The third-order valence-corrected chi connectivity index (χ3v) is 4.52. The van der Waals surface area contributed by atoms with Crippen molar-refractivity contribution in [1.82, 2.24) is 9.55 Å². The van der Waals surface area contributed by atoms with Gasteiger partial charge in [-0.2, -0.15) is 0 Å². The smallest absolute Gasteiger partial charge is 0.267 e. The van der Waals surface area contributed by atoms with Gasteiger partial charge in [0.15, 0.2) is 0 Å². The molecule has 0 aromatic carbocycles. The van der Waals surface area contributed by atoms with Gasteiger partial charge in [0.05, 0.1) is 16.4 Å². The van der Waals surface area contributed by atoms with Gasteiger partial charge in [0.2, 0.25) is 0 Å². The molecule has 0 N–H and O–H groups in total. The van der Waals surface area contributed by atoms with Crippen LogP contribution in [0.3, 0.4) is 0 Å². The summed E-state index contributed by atoms with van der Waals surface area (Å²) in [5.74, 6) is 0. The molecule has 2 heterocycles. The van der Waals surface area contributed by atoms with Gasteiger partial charge in [0.25, 0.3) is 5.56 Å². The first-order valence-corrected chi connectivity index (χ1v) is 6.85. The number of rotatable bonds is 2. The summed E-state index contributed by atoms with van der Waals surface area (Å²) >= 11 is 7.06. The number of nitrogens with zero attached hydrogens (tertiary/aromatic N) is 2. The third kappa shape index (κ3) is 2.48. The van der Waals surface area contributed by atoms with E-state index in [1.807, 2.05) is 34.0 Å². The van der Waals surface area contributed by atoms with E-state index in [2.05, 4.69) is 20.9 Å². The highest BCUT2D eigenvalue weighted by Crippen LogP contribution is 2.22. The van der Waals surface area contributed by atoms with Crippen molar-refractivity contribution in [2.75, 3.05) is 0 Å². The van der Waals surface area contributed by atoms with Crippen LogP contribution in [-0.2, 0) is 6.54 Å². The Morgan fingerprint density at radius 3 is 3.07 bits per heavy atom. The van der Waals surface area contributed by atoms with Crippen molar-refractivity contribution >= 4 is 49.9 Å². The molecule has 2 aromatic heterocycles. The molecule has 0 radical (unpaired) electrons. The first kappa shape index (κ1) is 11.3. The predicted molar refractivity (Wildman–Crippen MR) is 72.3 cm³/mol. The van der Waals surface area contributed by atoms with Crippen molar-refractivity contribution in [3.63, 3.8) is 0 Å². The number of hydrogen-bond donors (Lipinski definition) is 0. The molecule has 0 unspecified atom stereocenters. The van der Waals surface area contributed by atoms with Gasteiger partial charge >= 0.3 is 0 Å². The van der Waals surface area contributed by atoms with Crippen LogP contribution < -0.4 is 5.56 Å². The summed E-state index contributed by atoms with van der Waals surface area (Å²) < 4.78 is 3.29. The van der Waals surface area contributed by atoms with Gasteiger partial charge in [-0.3, -0.25) is 9.36 Å². The van der Waals surface area contributed by atoms with E-state index in [1.165, 1.54) is 0 Å². The highest BCUT2D eigenvalue weighted by atomic mass is 127. The van der Waals surface area contributed by atoms with Crippen LogP contribution in [0.1, 0.15) is 4.88 Å². The fraction of sp³-hybridized carbons (Fsp3) is 0.111. The standard InChI is InChI=1S/C9H6BrIN2OS/c10-6-1-2-15-8(6)4-13-5-12-3-7(11)9(13)14/h1-3,5H,4H2. The summed E-state index contributed by atoms with van der Waals surface area (Å²) in [4.78, 5) is 16.8. The molecule has 78 valence electrons. The second-order valence-electron chi connectivity index (χ2n) is 2.87. The predicted octanol–water partition coefficient (Wildman–Crippen LogP) is 2.72. The second-order valence-corrected chi connectivity index (χ2v) is 5.88. The molecule has 15 heavy (non-hydrogen) atoms. The molecule has 3 nitrogen and oxygen atoms in total. The van der Waals surface area contributed by atoms with Crippen LogP contribution in [0.5, 0.6) is 0 Å². The highest BCUT2D eigenvalue weighted by Gasteiger charge is 2.05. The van der Waals surface area contributed by atoms with E-state index in [-0.39, 0.29) is 5.56 Å². The lowest BCUT2D eigenvalue weighted by Crippen LogP contribution is -2.22. The van der Waals surface area contributed by atoms with E-state index in [0.29, 0.717) is 10.1 Å². The topological polar surface area (TPSA) is 34.9 Å². The summed E-state index contributed by atoms with van der Waals surface area (Å²) in [6.45, 7) is 0.570. The molecule has 0 aliphatic heterocycles. The average Bonchev–Trinajstić information content (AvgIpc) is 2.60. The number of thiophene rings is 1. The van der Waals surface area contributed by atoms with E-state index >= 15 is 0 Å². The van der Waals surface area contributed by atoms with Gasteiger partial charge in [-0.25, -0.2) is 4.98 Å². The van der Waals surface area contributed by atoms with Crippen LogP contribution >= 0.6 is 49.9 Å². The quantitative estimate of drug-likeness (QED) is 0.731. The maximum absolute atomic E-state index is 11.7. The number of aromatic nitrogens is 2. The van der Waals surface area contributed by atoms with Crippen molar-refractivity contribution in [3.8, 4) is 0 Å². The van der Waals surface area contributed by atoms with Crippen LogP contribution in [0.4, 0.5) is 0 Å². The molecule has 0 amide bonds. The fourth-order valence-electron chi connectivity index (χ4n) is 1.13. The molecule has 2 rings (SSSR count). The highest BCUT2D eigenvalue weighted by molar-refractivity contribution is 14.1. The Balaban J connectivity index is 2.37. The molecule has 0 aliphatic rings. The first-order chi connectivity index (χ1) is 7.18. The van der Waals surface area contributed by atoms with Gasteiger partial charge in [0, 0.05) is 15.5 Å². The minimum Gasteiger partial charge on any atom is -0.293 e. The molecule has 0 bridgehead atoms. The average molecular weight is 397 g/mol. The number of hydrogen-bond acceptors (Lipinski definition) is 3. The normalized spacial score (nSPS) is 10.5. The molecule has 0 atom stereocenters. The van der Waals surface area contributed by atoms with E-state index in [4.69, 9.17) is 0 Å². The monoisotopic (exact) mass is 396 g/mol. The maximum atomic E-state index is 11.7. The molecular formula is C9H6BrIN2OS. The Bertz CT molecular complexity index is 537. The lowest BCUT2D eigenvalue weighted by atomic mass is 10.4. The van der Waals surface area contributed by atoms with Gasteiger partial charge in [-0.15, -0.1) is 11.3 Å². The van der Waals surface area contributed by atoms with Gasteiger partial charge in [-0.05, 0) is 50.0 Å². The summed E-state index contributed by atoms with van der Waals surface area (Å²) in [5.41, 5.74) is 0.00546. The number of halogens is 2. The minimum absolute atomic E-state index is 0.00546. The zero-order chi connectivity index (χ0) is 10.8. The second kappa shape index (κ2) is 4.75. The van der Waals surface area contributed by atoms with Gasteiger partial charge in [-0.1, -0.05) is 0 Å². The molecular weight excluding hydrogens is 391 g/mol. The Hall–Kier alpha value is -0.210. The van der Waals surface area contributed by atoms with Crippen molar-refractivity contribution in [3.05, 3.63) is 47.2 Å². The van der Waals surface area contributed by atoms with E-state index in [1.54, 1.807) is 28.4 Å². The first-order valence-electron chi connectivity index (χ1n) is 4.10. The summed E-state index contributed by atoms with van der Waals surface area (Å²) in [7, 11) is 0. The molecule has 0 saturated carbocycles. The lowest BCUT2D eigenvalue weighted by Gasteiger charge is -2.03. The molecule has 0 spiro atoms. The Morgan fingerprint density at radius 2 is 2.40 bits per heavy atom.